The van der Waals surface area contributed by atoms with Crippen molar-refractivity contribution in [2.75, 3.05) is 38.0 Å². The molecule has 0 bridgehead atoms. The lowest BCUT2D eigenvalue weighted by molar-refractivity contribution is 0.0998. The quantitative estimate of drug-likeness (QED) is 0.650. The van der Waals surface area contributed by atoms with Gasteiger partial charge in [0, 0.05) is 42.8 Å². The van der Waals surface area contributed by atoms with E-state index in [-0.39, 0.29) is 10.7 Å². The third kappa shape index (κ3) is 4.21. The molecule has 0 aliphatic carbocycles. The fraction of sp³-hybridized carbons (Fsp3) is 0.318. The first-order chi connectivity index (χ1) is 14.8. The monoisotopic (exact) mass is 445 g/mol. The second-order valence-electron chi connectivity index (χ2n) is 7.52. The van der Waals surface area contributed by atoms with Crippen molar-refractivity contribution in [3.05, 3.63) is 59.6 Å². The van der Waals surface area contributed by atoms with Crippen LogP contribution in [0.25, 0.3) is 11.0 Å². The first-order valence-electron chi connectivity index (χ1n) is 10.1. The van der Waals surface area contributed by atoms with Crippen molar-refractivity contribution in [1.82, 2.24) is 9.21 Å². The molecule has 9 heteroatoms. The fourth-order valence-corrected chi connectivity index (χ4v) is 5.24. The summed E-state index contributed by atoms with van der Waals surface area (Å²) >= 11 is 0. The maximum absolute atomic E-state index is 13.5. The van der Waals surface area contributed by atoms with Crippen molar-refractivity contribution in [1.29, 1.82) is 0 Å². The SMILES string of the molecule is CCN1CCN(S(=O)(=O)c2cccc(NC(=O)c3oc4ccc(F)cc4c3C)c2)CC1. The lowest BCUT2D eigenvalue weighted by Gasteiger charge is -2.33. The van der Waals surface area contributed by atoms with Gasteiger partial charge in [-0.2, -0.15) is 4.31 Å². The number of anilines is 1. The molecule has 2 aromatic carbocycles. The number of halogens is 1. The number of carbonyl (C=O) groups is 1. The van der Waals surface area contributed by atoms with Crippen LogP contribution in [0.2, 0.25) is 0 Å². The van der Waals surface area contributed by atoms with Crippen LogP contribution in [0.3, 0.4) is 0 Å². The number of benzene rings is 2. The number of hydrogen-bond donors (Lipinski definition) is 1. The van der Waals surface area contributed by atoms with E-state index >= 15 is 0 Å². The molecule has 31 heavy (non-hydrogen) atoms. The fourth-order valence-electron chi connectivity index (χ4n) is 3.77. The summed E-state index contributed by atoms with van der Waals surface area (Å²) in [5.74, 6) is -0.884. The van der Waals surface area contributed by atoms with Gasteiger partial charge >= 0.3 is 0 Å². The molecule has 0 saturated carbocycles. The van der Waals surface area contributed by atoms with Gasteiger partial charge in [-0.15, -0.1) is 0 Å². The second kappa shape index (κ2) is 8.41. The molecule has 7 nitrogen and oxygen atoms in total. The van der Waals surface area contributed by atoms with E-state index in [2.05, 4.69) is 17.1 Å². The predicted octanol–water partition coefficient (Wildman–Crippen LogP) is 3.46. The van der Waals surface area contributed by atoms with E-state index < -0.39 is 21.7 Å². The molecule has 0 spiro atoms. The molecule has 1 fully saturated rings. The molecule has 0 unspecified atom stereocenters. The van der Waals surface area contributed by atoms with Gasteiger partial charge in [-0.1, -0.05) is 13.0 Å². The van der Waals surface area contributed by atoms with Crippen LogP contribution in [0.4, 0.5) is 10.1 Å². The van der Waals surface area contributed by atoms with Gasteiger partial charge in [0.25, 0.3) is 5.91 Å². The minimum Gasteiger partial charge on any atom is -0.451 e. The van der Waals surface area contributed by atoms with Crippen molar-refractivity contribution in [3.8, 4) is 0 Å². The smallest absolute Gasteiger partial charge is 0.291 e. The molecule has 1 saturated heterocycles. The molecule has 4 rings (SSSR count). The van der Waals surface area contributed by atoms with Gasteiger partial charge in [-0.25, -0.2) is 12.8 Å². The number of nitrogens with zero attached hydrogens (tertiary/aromatic N) is 2. The van der Waals surface area contributed by atoms with Crippen LogP contribution >= 0.6 is 0 Å². The number of amides is 1. The zero-order chi connectivity index (χ0) is 22.2. The van der Waals surface area contributed by atoms with Crippen LogP contribution in [0.15, 0.2) is 51.8 Å². The molecule has 1 aromatic heterocycles. The second-order valence-corrected chi connectivity index (χ2v) is 9.45. The first kappa shape index (κ1) is 21.5. The number of aryl methyl sites for hydroxylation is 1. The summed E-state index contributed by atoms with van der Waals surface area (Å²) in [5.41, 5.74) is 1.26. The number of piperazine rings is 1. The number of likely N-dealkylation sites (N-methyl/N-ethyl adjacent to an activating group) is 1. The maximum atomic E-state index is 13.5. The van der Waals surface area contributed by atoms with Crippen molar-refractivity contribution >= 4 is 32.6 Å². The zero-order valence-corrected chi connectivity index (χ0v) is 18.2. The number of rotatable bonds is 5. The van der Waals surface area contributed by atoms with E-state index in [9.17, 15) is 17.6 Å². The molecule has 0 radical (unpaired) electrons. The van der Waals surface area contributed by atoms with Gasteiger partial charge in [-0.3, -0.25) is 4.79 Å². The molecule has 164 valence electrons. The molecule has 3 aromatic rings. The Kier molecular flexibility index (Phi) is 5.83. The summed E-state index contributed by atoms with van der Waals surface area (Å²) in [7, 11) is -3.66. The molecule has 1 amide bonds. The third-order valence-corrected chi connectivity index (χ3v) is 7.51. The standard InChI is InChI=1S/C22H24FN3O4S/c1-3-25-9-11-26(12-10-25)31(28,29)18-6-4-5-17(14-18)24-22(27)21-15(2)19-13-16(23)7-8-20(19)30-21/h4-8,13-14H,3,9-12H2,1-2H3,(H,24,27). The van der Waals surface area contributed by atoms with Crippen molar-refractivity contribution in [3.63, 3.8) is 0 Å². The average Bonchev–Trinajstić information content (AvgIpc) is 3.10. The van der Waals surface area contributed by atoms with Crippen LogP contribution in [-0.2, 0) is 10.0 Å². The van der Waals surface area contributed by atoms with Gasteiger partial charge in [0.1, 0.15) is 11.4 Å². The Labute approximate surface area is 180 Å². The van der Waals surface area contributed by atoms with Crippen molar-refractivity contribution in [2.45, 2.75) is 18.7 Å². The number of hydrogen-bond acceptors (Lipinski definition) is 5. The van der Waals surface area contributed by atoms with E-state index in [4.69, 9.17) is 4.42 Å². The predicted molar refractivity (Wildman–Crippen MR) is 116 cm³/mol. The van der Waals surface area contributed by atoms with E-state index in [1.54, 1.807) is 19.1 Å². The highest BCUT2D eigenvalue weighted by Crippen LogP contribution is 2.27. The largest absolute Gasteiger partial charge is 0.451 e. The van der Waals surface area contributed by atoms with Gasteiger partial charge < -0.3 is 14.6 Å². The first-order valence-corrected chi connectivity index (χ1v) is 11.6. The van der Waals surface area contributed by atoms with Crippen molar-refractivity contribution < 1.29 is 22.0 Å². The minimum atomic E-state index is -3.66. The molecular formula is C22H24FN3O4S. The summed E-state index contributed by atoms with van der Waals surface area (Å²) in [5, 5.41) is 3.21. The van der Waals surface area contributed by atoms with E-state index in [0.717, 1.165) is 6.54 Å². The lowest BCUT2D eigenvalue weighted by Crippen LogP contribution is -2.48. The van der Waals surface area contributed by atoms with Gasteiger partial charge in [0.05, 0.1) is 4.90 Å². The van der Waals surface area contributed by atoms with Crippen molar-refractivity contribution in [2.24, 2.45) is 0 Å². The Morgan fingerprint density at radius 1 is 1.13 bits per heavy atom. The third-order valence-electron chi connectivity index (χ3n) is 5.61. The molecule has 1 aliphatic rings. The highest BCUT2D eigenvalue weighted by atomic mass is 32.2. The van der Waals surface area contributed by atoms with E-state index in [1.165, 1.54) is 34.6 Å². The zero-order valence-electron chi connectivity index (χ0n) is 17.4. The summed E-state index contributed by atoms with van der Waals surface area (Å²) in [6.45, 7) is 6.87. The normalized spacial score (nSPS) is 16.0. The van der Waals surface area contributed by atoms with Crippen LogP contribution in [0.1, 0.15) is 23.0 Å². The van der Waals surface area contributed by atoms with E-state index in [0.29, 0.717) is 48.4 Å². The van der Waals surface area contributed by atoms with E-state index in [1.807, 2.05) is 0 Å². The molecule has 0 atom stereocenters. The average molecular weight is 446 g/mol. The topological polar surface area (TPSA) is 82.9 Å². The molecule has 2 heterocycles. The van der Waals surface area contributed by atoms with Crippen LogP contribution in [0, 0.1) is 12.7 Å². The van der Waals surface area contributed by atoms with Crippen LogP contribution < -0.4 is 5.32 Å². The highest BCUT2D eigenvalue weighted by molar-refractivity contribution is 7.89. The minimum absolute atomic E-state index is 0.0598. The number of carbonyl (C=O) groups excluding carboxylic acids is 1. The van der Waals surface area contributed by atoms with Crippen LogP contribution in [-0.4, -0.2) is 56.3 Å². The Morgan fingerprint density at radius 2 is 1.87 bits per heavy atom. The van der Waals surface area contributed by atoms with Gasteiger partial charge in [-0.05, 0) is 49.9 Å². The number of fused-ring (bicyclic) bond motifs is 1. The molecule has 1 N–H and O–H groups in total. The Balaban J connectivity index is 1.55. The number of furan rings is 1. The molecular weight excluding hydrogens is 421 g/mol. The summed E-state index contributed by atoms with van der Waals surface area (Å²) < 4.78 is 46.6. The van der Waals surface area contributed by atoms with Gasteiger partial charge in [0.15, 0.2) is 5.76 Å². The summed E-state index contributed by atoms with van der Waals surface area (Å²) in [6, 6.07) is 10.2. The summed E-state index contributed by atoms with van der Waals surface area (Å²) in [4.78, 5) is 15.1. The maximum Gasteiger partial charge on any atom is 0.291 e. The Bertz CT molecular complexity index is 1230. The van der Waals surface area contributed by atoms with Crippen LogP contribution in [0.5, 0.6) is 0 Å². The number of sulfonamides is 1. The Hall–Kier alpha value is -2.75. The van der Waals surface area contributed by atoms with Gasteiger partial charge in [0.2, 0.25) is 10.0 Å². The lowest BCUT2D eigenvalue weighted by atomic mass is 10.1. The summed E-state index contributed by atoms with van der Waals surface area (Å²) in [6.07, 6.45) is 0. The molecule has 1 aliphatic heterocycles. The highest BCUT2D eigenvalue weighted by Gasteiger charge is 2.28. The Morgan fingerprint density at radius 3 is 2.58 bits per heavy atom. The number of nitrogens with one attached hydrogen (secondary N) is 1.